The molecule has 2 aromatic carbocycles. The maximum atomic E-state index is 13.0. The highest BCUT2D eigenvalue weighted by Gasteiger charge is 2.27. The fourth-order valence-corrected chi connectivity index (χ4v) is 3.55. The van der Waals surface area contributed by atoms with Crippen LogP contribution >= 0.6 is 0 Å². The SMILES string of the molecule is CNCCNCc1ccc2c(c1)CN(C(=O)c1cc(C(C)C)c(O)cc1O)C2. The van der Waals surface area contributed by atoms with E-state index in [1.54, 1.807) is 11.0 Å². The number of hydrogen-bond acceptors (Lipinski definition) is 5. The molecule has 0 radical (unpaired) electrons. The molecule has 0 spiro atoms. The maximum Gasteiger partial charge on any atom is 0.258 e. The zero-order valence-electron chi connectivity index (χ0n) is 16.7. The Balaban J connectivity index is 1.73. The Morgan fingerprint density at radius 1 is 1.07 bits per heavy atom. The molecule has 1 aliphatic heterocycles. The predicted octanol–water partition coefficient (Wildman–Crippen LogP) is 2.69. The van der Waals surface area contributed by atoms with Crippen LogP contribution < -0.4 is 10.6 Å². The first-order valence-corrected chi connectivity index (χ1v) is 9.71. The van der Waals surface area contributed by atoms with Crippen molar-refractivity contribution >= 4 is 5.91 Å². The van der Waals surface area contributed by atoms with E-state index in [9.17, 15) is 15.0 Å². The van der Waals surface area contributed by atoms with Crippen LogP contribution in [0.2, 0.25) is 0 Å². The Bertz CT molecular complexity index is 864. The number of likely N-dealkylation sites (N-methyl/N-ethyl adjacent to an activating group) is 1. The lowest BCUT2D eigenvalue weighted by molar-refractivity contribution is 0.0748. The molecule has 2 aromatic rings. The molecule has 0 aliphatic carbocycles. The minimum atomic E-state index is -0.218. The van der Waals surface area contributed by atoms with Crippen LogP contribution in [0.3, 0.4) is 0 Å². The van der Waals surface area contributed by atoms with Gasteiger partial charge < -0.3 is 25.7 Å². The standard InChI is InChI=1S/C22H29N3O3/c1-14(2)18-9-19(21(27)10-20(18)26)22(28)25-12-16-5-4-15(8-17(16)13-25)11-24-7-6-23-3/h4-5,8-10,14,23-24,26-27H,6-7,11-13H2,1-3H3. The topological polar surface area (TPSA) is 84.8 Å². The van der Waals surface area contributed by atoms with Crippen LogP contribution in [0, 0.1) is 0 Å². The summed E-state index contributed by atoms with van der Waals surface area (Å²) in [7, 11) is 1.93. The number of phenols is 2. The van der Waals surface area contributed by atoms with E-state index in [0.29, 0.717) is 18.7 Å². The number of benzene rings is 2. The van der Waals surface area contributed by atoms with Crippen molar-refractivity contribution in [3.8, 4) is 11.5 Å². The summed E-state index contributed by atoms with van der Waals surface area (Å²) in [5.41, 5.74) is 4.37. The Labute approximate surface area is 166 Å². The number of carbonyl (C=O) groups is 1. The van der Waals surface area contributed by atoms with E-state index < -0.39 is 0 Å². The third kappa shape index (κ3) is 4.29. The van der Waals surface area contributed by atoms with Crippen molar-refractivity contribution < 1.29 is 15.0 Å². The molecule has 1 amide bonds. The van der Waals surface area contributed by atoms with Gasteiger partial charge >= 0.3 is 0 Å². The van der Waals surface area contributed by atoms with Crippen molar-refractivity contribution in [2.45, 2.75) is 39.4 Å². The average Bonchev–Trinajstić information content (AvgIpc) is 3.08. The third-order valence-electron chi connectivity index (χ3n) is 5.16. The van der Waals surface area contributed by atoms with Crippen LogP contribution in [0.4, 0.5) is 0 Å². The van der Waals surface area contributed by atoms with Crippen LogP contribution in [0.15, 0.2) is 30.3 Å². The molecule has 0 fully saturated rings. The molecule has 0 atom stereocenters. The van der Waals surface area contributed by atoms with Crippen LogP contribution in [0.5, 0.6) is 11.5 Å². The first-order valence-electron chi connectivity index (χ1n) is 9.71. The Hall–Kier alpha value is -2.57. The molecule has 150 valence electrons. The van der Waals surface area contributed by atoms with Gasteiger partial charge in [0.1, 0.15) is 11.5 Å². The number of nitrogens with one attached hydrogen (secondary N) is 2. The van der Waals surface area contributed by atoms with Crippen molar-refractivity contribution in [3.05, 3.63) is 58.1 Å². The highest BCUT2D eigenvalue weighted by molar-refractivity contribution is 5.97. The molecule has 0 unspecified atom stereocenters. The number of nitrogens with zero attached hydrogens (tertiary/aromatic N) is 1. The Kier molecular flexibility index (Phi) is 6.21. The van der Waals surface area contributed by atoms with E-state index in [1.165, 1.54) is 11.6 Å². The molecule has 0 saturated carbocycles. The summed E-state index contributed by atoms with van der Waals surface area (Å²) in [6.07, 6.45) is 0. The summed E-state index contributed by atoms with van der Waals surface area (Å²) in [5, 5.41) is 26.7. The normalized spacial score (nSPS) is 13.2. The number of rotatable bonds is 7. The maximum absolute atomic E-state index is 13.0. The second-order valence-corrected chi connectivity index (χ2v) is 7.63. The van der Waals surface area contributed by atoms with Crippen LogP contribution in [-0.4, -0.2) is 41.2 Å². The molecule has 1 aliphatic rings. The number of amides is 1. The van der Waals surface area contributed by atoms with Crippen LogP contribution in [-0.2, 0) is 19.6 Å². The van der Waals surface area contributed by atoms with Crippen molar-refractivity contribution in [2.75, 3.05) is 20.1 Å². The molecule has 4 N–H and O–H groups in total. The Morgan fingerprint density at radius 3 is 2.54 bits per heavy atom. The number of phenolic OH excluding ortho intramolecular Hbond substituents is 2. The molecule has 28 heavy (non-hydrogen) atoms. The summed E-state index contributed by atoms with van der Waals surface area (Å²) in [6.45, 7) is 7.54. The average molecular weight is 383 g/mol. The van der Waals surface area contributed by atoms with Gasteiger partial charge in [0.15, 0.2) is 0 Å². The summed E-state index contributed by atoms with van der Waals surface area (Å²) in [5.74, 6) is -0.327. The highest BCUT2D eigenvalue weighted by atomic mass is 16.3. The molecule has 6 heteroatoms. The molecular weight excluding hydrogens is 354 g/mol. The van der Waals surface area contributed by atoms with Gasteiger partial charge in [-0.05, 0) is 41.3 Å². The lowest BCUT2D eigenvalue weighted by Gasteiger charge is -2.18. The lowest BCUT2D eigenvalue weighted by atomic mass is 9.98. The number of carbonyl (C=O) groups excluding carboxylic acids is 1. The summed E-state index contributed by atoms with van der Waals surface area (Å²) >= 11 is 0. The number of aromatic hydroxyl groups is 2. The van der Waals surface area contributed by atoms with Gasteiger partial charge in [0, 0.05) is 38.8 Å². The minimum absolute atomic E-state index is 0.0178. The summed E-state index contributed by atoms with van der Waals surface area (Å²) in [4.78, 5) is 14.8. The predicted molar refractivity (Wildman–Crippen MR) is 110 cm³/mol. The third-order valence-corrected chi connectivity index (χ3v) is 5.16. The van der Waals surface area contributed by atoms with E-state index in [1.807, 2.05) is 20.9 Å². The summed E-state index contributed by atoms with van der Waals surface area (Å²) in [6, 6.07) is 9.19. The van der Waals surface area contributed by atoms with E-state index >= 15 is 0 Å². The first kappa shape index (κ1) is 20.2. The fraction of sp³-hybridized carbons (Fsp3) is 0.409. The molecule has 0 aromatic heterocycles. The molecule has 0 bridgehead atoms. The van der Waals surface area contributed by atoms with Gasteiger partial charge in [-0.2, -0.15) is 0 Å². The monoisotopic (exact) mass is 383 g/mol. The van der Waals surface area contributed by atoms with Gasteiger partial charge in [-0.1, -0.05) is 32.0 Å². The van der Waals surface area contributed by atoms with E-state index in [2.05, 4.69) is 28.8 Å². The first-order chi connectivity index (χ1) is 13.4. The molecule has 0 saturated heterocycles. The Morgan fingerprint density at radius 2 is 1.82 bits per heavy atom. The number of hydrogen-bond donors (Lipinski definition) is 4. The quantitative estimate of drug-likeness (QED) is 0.553. The molecule has 6 nitrogen and oxygen atoms in total. The minimum Gasteiger partial charge on any atom is -0.508 e. The van der Waals surface area contributed by atoms with Crippen LogP contribution in [0.1, 0.15) is 52.4 Å². The van der Waals surface area contributed by atoms with Gasteiger partial charge in [0.05, 0.1) is 5.56 Å². The second-order valence-electron chi connectivity index (χ2n) is 7.63. The van der Waals surface area contributed by atoms with Crippen LogP contribution in [0.25, 0.3) is 0 Å². The highest BCUT2D eigenvalue weighted by Crippen LogP contribution is 2.34. The largest absolute Gasteiger partial charge is 0.508 e. The second kappa shape index (κ2) is 8.63. The zero-order valence-corrected chi connectivity index (χ0v) is 16.7. The summed E-state index contributed by atoms with van der Waals surface area (Å²) < 4.78 is 0. The number of fused-ring (bicyclic) bond motifs is 1. The van der Waals surface area contributed by atoms with Crippen molar-refractivity contribution in [1.82, 2.24) is 15.5 Å². The molecule has 1 heterocycles. The van der Waals surface area contributed by atoms with Gasteiger partial charge in [-0.25, -0.2) is 0 Å². The van der Waals surface area contributed by atoms with Gasteiger partial charge in [0.2, 0.25) is 0 Å². The lowest BCUT2D eigenvalue weighted by Crippen LogP contribution is -2.25. The van der Waals surface area contributed by atoms with Gasteiger partial charge in [-0.3, -0.25) is 4.79 Å². The van der Waals surface area contributed by atoms with E-state index in [4.69, 9.17) is 0 Å². The van der Waals surface area contributed by atoms with Crippen molar-refractivity contribution in [2.24, 2.45) is 0 Å². The van der Waals surface area contributed by atoms with Crippen molar-refractivity contribution in [3.63, 3.8) is 0 Å². The fourth-order valence-electron chi connectivity index (χ4n) is 3.55. The molecular formula is C22H29N3O3. The zero-order chi connectivity index (χ0) is 20.3. The van der Waals surface area contributed by atoms with Crippen molar-refractivity contribution in [1.29, 1.82) is 0 Å². The van der Waals surface area contributed by atoms with E-state index in [-0.39, 0.29) is 28.9 Å². The van der Waals surface area contributed by atoms with E-state index in [0.717, 1.165) is 30.8 Å². The van der Waals surface area contributed by atoms with Gasteiger partial charge in [-0.15, -0.1) is 0 Å². The van der Waals surface area contributed by atoms with Gasteiger partial charge in [0.25, 0.3) is 5.91 Å². The smallest absolute Gasteiger partial charge is 0.258 e. The molecule has 3 rings (SSSR count).